The van der Waals surface area contributed by atoms with Gasteiger partial charge in [0.05, 0.1) is 5.69 Å². The Morgan fingerprint density at radius 1 is 0.850 bits per heavy atom. The van der Waals surface area contributed by atoms with Crippen LogP contribution >= 0.6 is 15.9 Å². The third kappa shape index (κ3) is 8.64. The van der Waals surface area contributed by atoms with Gasteiger partial charge in [-0.3, -0.25) is 9.59 Å². The third-order valence-electron chi connectivity index (χ3n) is 6.28. The van der Waals surface area contributed by atoms with E-state index in [0.717, 1.165) is 24.2 Å². The number of carbonyl (C=O) groups excluding carboxylic acids is 2. The zero-order valence-electron chi connectivity index (χ0n) is 23.3. The van der Waals surface area contributed by atoms with Gasteiger partial charge in [0.15, 0.2) is 0 Å². The molecule has 0 aliphatic carbocycles. The third-order valence-corrected chi connectivity index (χ3v) is 8.63. The van der Waals surface area contributed by atoms with Gasteiger partial charge in [-0.05, 0) is 41.3 Å². The molecule has 214 valence electrons. The van der Waals surface area contributed by atoms with Crippen LogP contribution in [0.5, 0.6) is 0 Å². The van der Waals surface area contributed by atoms with Crippen molar-refractivity contribution < 1.29 is 18.0 Å². The normalized spacial score (nSPS) is 12.3. The summed E-state index contributed by atoms with van der Waals surface area (Å²) < 4.78 is 29.7. The lowest BCUT2D eigenvalue weighted by Gasteiger charge is -2.34. The second-order valence-corrected chi connectivity index (χ2v) is 13.1. The monoisotopic (exact) mass is 628 g/mol. The van der Waals surface area contributed by atoms with Gasteiger partial charge < -0.3 is 10.2 Å². The van der Waals surface area contributed by atoms with Crippen molar-refractivity contribution in [3.63, 3.8) is 0 Å². The van der Waals surface area contributed by atoms with Crippen molar-refractivity contribution in [3.8, 4) is 0 Å². The average Bonchev–Trinajstić information content (AvgIpc) is 2.94. The van der Waals surface area contributed by atoms with Gasteiger partial charge in [0, 0.05) is 38.1 Å². The summed E-state index contributed by atoms with van der Waals surface area (Å²) in [6.45, 7) is 4.12. The molecule has 0 bridgehead atoms. The number of para-hydroxylation sites is 1. The van der Waals surface area contributed by atoms with Crippen molar-refractivity contribution in [1.82, 2.24) is 14.5 Å². The average molecular weight is 630 g/mol. The van der Waals surface area contributed by atoms with Crippen LogP contribution in [-0.2, 0) is 32.8 Å². The zero-order chi connectivity index (χ0) is 29.3. The molecular weight excluding hydrogens is 592 g/mol. The highest BCUT2D eigenvalue weighted by molar-refractivity contribution is 9.10. The minimum atomic E-state index is -4.01. The fourth-order valence-corrected chi connectivity index (χ4v) is 5.39. The summed E-state index contributed by atoms with van der Waals surface area (Å²) in [7, 11) is -1.17. The van der Waals surface area contributed by atoms with Gasteiger partial charge in [-0.2, -0.15) is 12.7 Å². The van der Waals surface area contributed by atoms with Crippen molar-refractivity contribution in [2.75, 3.05) is 31.5 Å². The fraction of sp³-hybridized carbons (Fsp3) is 0.333. The van der Waals surface area contributed by atoms with E-state index in [4.69, 9.17) is 0 Å². The maximum absolute atomic E-state index is 14.2. The molecule has 0 fully saturated rings. The van der Waals surface area contributed by atoms with Crippen LogP contribution in [0.25, 0.3) is 0 Å². The molecule has 3 rings (SSSR count). The summed E-state index contributed by atoms with van der Waals surface area (Å²) in [5, 5.41) is 2.99. The van der Waals surface area contributed by atoms with Crippen LogP contribution in [0.15, 0.2) is 89.4 Å². The molecule has 3 aromatic rings. The molecule has 0 unspecified atom stereocenters. The first kappa shape index (κ1) is 31.3. The molecule has 3 aromatic carbocycles. The SMILES string of the molecule is CC(C)CNC(=O)[C@H](Cc1ccccc1)N(Cc1ccc(Br)cc1)C(=O)CN(c1ccccc1)S(=O)(=O)N(C)C. The van der Waals surface area contributed by atoms with Gasteiger partial charge in [0.25, 0.3) is 0 Å². The Balaban J connectivity index is 2.06. The number of anilines is 1. The first-order chi connectivity index (χ1) is 19.0. The van der Waals surface area contributed by atoms with Gasteiger partial charge in [-0.1, -0.05) is 90.4 Å². The lowest BCUT2D eigenvalue weighted by atomic mass is 10.0. The van der Waals surface area contributed by atoms with Crippen LogP contribution in [0.2, 0.25) is 0 Å². The van der Waals surface area contributed by atoms with Gasteiger partial charge in [-0.25, -0.2) is 4.31 Å². The van der Waals surface area contributed by atoms with Gasteiger partial charge in [0.2, 0.25) is 11.8 Å². The van der Waals surface area contributed by atoms with E-state index in [0.29, 0.717) is 12.2 Å². The van der Waals surface area contributed by atoms with E-state index in [1.165, 1.54) is 19.0 Å². The summed E-state index contributed by atoms with van der Waals surface area (Å²) >= 11 is 3.44. The smallest absolute Gasteiger partial charge is 0.304 e. The second kappa shape index (κ2) is 14.4. The molecular formula is C30H37BrN4O4S. The van der Waals surface area contributed by atoms with E-state index in [-0.39, 0.29) is 24.8 Å². The number of amides is 2. The number of hydrogen-bond acceptors (Lipinski definition) is 4. The predicted molar refractivity (Wildman–Crippen MR) is 163 cm³/mol. The molecule has 0 aliphatic heterocycles. The van der Waals surface area contributed by atoms with Crippen molar-refractivity contribution >= 4 is 43.6 Å². The fourth-order valence-electron chi connectivity index (χ4n) is 4.07. The molecule has 1 atom stereocenters. The van der Waals surface area contributed by atoms with Crippen LogP contribution in [0, 0.1) is 5.92 Å². The number of hydrogen-bond donors (Lipinski definition) is 1. The van der Waals surface area contributed by atoms with Gasteiger partial charge in [0.1, 0.15) is 12.6 Å². The predicted octanol–water partition coefficient (Wildman–Crippen LogP) is 4.47. The molecule has 0 radical (unpaired) electrons. The molecule has 0 aliphatic rings. The van der Waals surface area contributed by atoms with Crippen molar-refractivity contribution in [2.24, 2.45) is 5.92 Å². The Hall–Kier alpha value is -3.21. The maximum atomic E-state index is 14.2. The molecule has 0 spiro atoms. The first-order valence-corrected chi connectivity index (χ1v) is 15.3. The molecule has 10 heteroatoms. The lowest BCUT2D eigenvalue weighted by Crippen LogP contribution is -2.54. The first-order valence-electron chi connectivity index (χ1n) is 13.1. The Labute approximate surface area is 246 Å². The second-order valence-electron chi connectivity index (χ2n) is 10.1. The topological polar surface area (TPSA) is 90.0 Å². The van der Waals surface area contributed by atoms with E-state index in [9.17, 15) is 18.0 Å². The van der Waals surface area contributed by atoms with E-state index >= 15 is 0 Å². The van der Waals surface area contributed by atoms with Crippen molar-refractivity contribution in [2.45, 2.75) is 32.9 Å². The highest BCUT2D eigenvalue weighted by Gasteiger charge is 2.34. The van der Waals surface area contributed by atoms with E-state index in [1.807, 2.05) is 68.4 Å². The standard InChI is InChI=1S/C30H37BrN4O4S/c1-23(2)20-32-30(37)28(19-24-11-7-5-8-12-24)34(21-25-15-17-26(31)18-16-25)29(36)22-35(40(38,39)33(3)4)27-13-9-6-10-14-27/h5-18,23,28H,19-22H2,1-4H3,(H,32,37)/t28-/m0/s1. The van der Waals surface area contributed by atoms with Gasteiger partial charge in [-0.15, -0.1) is 0 Å². The van der Waals surface area contributed by atoms with Crippen molar-refractivity contribution in [3.05, 3.63) is 101 Å². The molecule has 1 N–H and O–H groups in total. The van der Waals surface area contributed by atoms with Crippen LogP contribution < -0.4 is 9.62 Å². The summed E-state index contributed by atoms with van der Waals surface area (Å²) in [5.41, 5.74) is 2.06. The highest BCUT2D eigenvalue weighted by atomic mass is 79.9. The Bertz CT molecular complexity index is 1350. The number of nitrogens with one attached hydrogen (secondary N) is 1. The number of halogens is 1. The lowest BCUT2D eigenvalue weighted by molar-refractivity contribution is -0.140. The van der Waals surface area contributed by atoms with Crippen molar-refractivity contribution in [1.29, 1.82) is 0 Å². The van der Waals surface area contributed by atoms with Crippen LogP contribution in [0.3, 0.4) is 0 Å². The summed E-state index contributed by atoms with van der Waals surface area (Å²) in [6, 6.07) is 24.6. The minimum absolute atomic E-state index is 0.128. The Morgan fingerprint density at radius 3 is 1.98 bits per heavy atom. The Morgan fingerprint density at radius 2 is 1.43 bits per heavy atom. The molecule has 0 saturated carbocycles. The van der Waals surface area contributed by atoms with Crippen LogP contribution in [0.1, 0.15) is 25.0 Å². The summed E-state index contributed by atoms with van der Waals surface area (Å²) in [5.74, 6) is -0.557. The zero-order valence-corrected chi connectivity index (χ0v) is 25.7. The summed E-state index contributed by atoms with van der Waals surface area (Å²) in [6.07, 6.45) is 0.277. The number of benzene rings is 3. The van der Waals surface area contributed by atoms with E-state index < -0.39 is 28.7 Å². The highest BCUT2D eigenvalue weighted by Crippen LogP contribution is 2.22. The number of nitrogens with zero attached hydrogens (tertiary/aromatic N) is 3. The van der Waals surface area contributed by atoms with Crippen LogP contribution in [0.4, 0.5) is 5.69 Å². The molecule has 8 nitrogen and oxygen atoms in total. The molecule has 0 heterocycles. The number of rotatable bonds is 13. The Kier molecular flexibility index (Phi) is 11.3. The molecule has 40 heavy (non-hydrogen) atoms. The van der Waals surface area contributed by atoms with Crippen LogP contribution in [-0.4, -0.2) is 62.7 Å². The molecule has 2 amide bonds. The van der Waals surface area contributed by atoms with E-state index in [2.05, 4.69) is 21.2 Å². The largest absolute Gasteiger partial charge is 0.354 e. The molecule has 0 aromatic heterocycles. The molecule has 0 saturated heterocycles. The van der Waals surface area contributed by atoms with Gasteiger partial charge >= 0.3 is 10.2 Å². The maximum Gasteiger partial charge on any atom is 0.304 e. The summed E-state index contributed by atoms with van der Waals surface area (Å²) in [4.78, 5) is 29.3. The quantitative estimate of drug-likeness (QED) is 0.302. The minimum Gasteiger partial charge on any atom is -0.354 e. The number of carbonyl (C=O) groups is 2. The van der Waals surface area contributed by atoms with E-state index in [1.54, 1.807) is 30.3 Å².